The molecule has 1 aromatic heterocycles. The highest BCUT2D eigenvalue weighted by molar-refractivity contribution is 6.36. The quantitative estimate of drug-likeness (QED) is 0.709. The van der Waals surface area contributed by atoms with Crippen molar-refractivity contribution in [1.29, 1.82) is 0 Å². The molecular formula is C20H15Cl2N3O2. The number of rotatable bonds is 2. The molecule has 0 aliphatic carbocycles. The van der Waals surface area contributed by atoms with Gasteiger partial charge >= 0.3 is 0 Å². The van der Waals surface area contributed by atoms with E-state index < -0.39 is 11.8 Å². The molecule has 27 heavy (non-hydrogen) atoms. The van der Waals surface area contributed by atoms with Gasteiger partial charge in [-0.2, -0.15) is 4.98 Å². The highest BCUT2D eigenvalue weighted by Gasteiger charge is 2.27. The van der Waals surface area contributed by atoms with Gasteiger partial charge in [-0.25, -0.2) is 4.99 Å². The summed E-state index contributed by atoms with van der Waals surface area (Å²) in [6.07, 6.45) is -0.734. The topological polar surface area (TPSA) is 67.5 Å². The normalized spacial score (nSPS) is 15.6. The molecule has 1 atom stereocenters. The maximum absolute atomic E-state index is 12.0. The number of nitrogens with zero attached hydrogens (tertiary/aromatic N) is 3. The van der Waals surface area contributed by atoms with E-state index in [-0.39, 0.29) is 5.82 Å². The first-order valence-corrected chi connectivity index (χ1v) is 9.19. The summed E-state index contributed by atoms with van der Waals surface area (Å²) in [5, 5.41) is 11.8. The minimum absolute atomic E-state index is 0.171. The number of benzene rings is 2. The van der Waals surface area contributed by atoms with Crippen molar-refractivity contribution in [3.8, 4) is 5.69 Å². The molecular weight excluding hydrogens is 385 g/mol. The molecule has 136 valence electrons. The van der Waals surface area contributed by atoms with Crippen molar-refractivity contribution in [2.24, 2.45) is 4.99 Å². The van der Waals surface area contributed by atoms with Crippen molar-refractivity contribution in [1.82, 2.24) is 9.55 Å². The molecule has 0 fully saturated rings. The Morgan fingerprint density at radius 2 is 1.89 bits per heavy atom. The van der Waals surface area contributed by atoms with Crippen LogP contribution in [0.2, 0.25) is 10.0 Å². The van der Waals surface area contributed by atoms with Gasteiger partial charge in [0, 0.05) is 32.9 Å². The fourth-order valence-corrected chi connectivity index (χ4v) is 3.67. The van der Waals surface area contributed by atoms with Crippen molar-refractivity contribution in [2.45, 2.75) is 19.6 Å². The molecule has 0 radical (unpaired) electrons. The molecule has 0 amide bonds. The smallest absolute Gasteiger partial charge is 0.273 e. The second-order valence-corrected chi connectivity index (χ2v) is 6.97. The number of halogens is 2. The van der Waals surface area contributed by atoms with Crippen molar-refractivity contribution >= 4 is 28.9 Å². The molecule has 0 saturated carbocycles. The third-order valence-corrected chi connectivity index (χ3v) is 5.02. The zero-order valence-corrected chi connectivity index (χ0v) is 15.9. The van der Waals surface area contributed by atoms with E-state index >= 15 is 0 Å². The van der Waals surface area contributed by atoms with Crippen LogP contribution in [0.25, 0.3) is 5.69 Å². The van der Waals surface area contributed by atoms with Gasteiger partial charge in [-0.15, -0.1) is 0 Å². The van der Waals surface area contributed by atoms with E-state index in [1.807, 2.05) is 31.2 Å². The summed E-state index contributed by atoms with van der Waals surface area (Å²) < 4.78 is 1.77. The zero-order chi connectivity index (χ0) is 19.1. The van der Waals surface area contributed by atoms with Crippen molar-refractivity contribution in [3.05, 3.63) is 91.6 Å². The van der Waals surface area contributed by atoms with E-state index in [1.54, 1.807) is 22.8 Å². The van der Waals surface area contributed by atoms with Gasteiger partial charge in [0.1, 0.15) is 0 Å². The summed E-state index contributed by atoms with van der Waals surface area (Å²) in [6.45, 7) is 1.94. The van der Waals surface area contributed by atoms with Crippen LogP contribution in [0.5, 0.6) is 0 Å². The van der Waals surface area contributed by atoms with Gasteiger partial charge in [0.15, 0.2) is 5.82 Å². The molecule has 1 aliphatic heterocycles. The molecule has 1 unspecified atom stereocenters. The molecule has 1 N–H and O–H groups in total. The van der Waals surface area contributed by atoms with Gasteiger partial charge in [0.2, 0.25) is 6.23 Å². The van der Waals surface area contributed by atoms with E-state index in [0.717, 1.165) is 11.4 Å². The molecule has 1 aliphatic rings. The Bertz CT molecular complexity index is 1140. The van der Waals surface area contributed by atoms with E-state index in [2.05, 4.69) is 9.98 Å². The van der Waals surface area contributed by atoms with Crippen LogP contribution >= 0.6 is 23.2 Å². The van der Waals surface area contributed by atoms with Crippen LogP contribution < -0.4 is 5.56 Å². The van der Waals surface area contributed by atoms with Crippen LogP contribution in [-0.2, 0) is 6.42 Å². The number of aromatic nitrogens is 2. The van der Waals surface area contributed by atoms with Crippen LogP contribution in [-0.4, -0.2) is 20.4 Å². The van der Waals surface area contributed by atoms with E-state index in [9.17, 15) is 9.90 Å². The first-order valence-electron chi connectivity index (χ1n) is 8.43. The number of aliphatic hydroxyl groups excluding tert-OH is 1. The Morgan fingerprint density at radius 1 is 1.11 bits per heavy atom. The average molecular weight is 400 g/mol. The second kappa shape index (κ2) is 6.93. The summed E-state index contributed by atoms with van der Waals surface area (Å²) in [5.41, 5.74) is 2.90. The predicted octanol–water partition coefficient (Wildman–Crippen LogP) is 3.94. The molecule has 3 aromatic rings. The Balaban J connectivity index is 2.12. The van der Waals surface area contributed by atoms with Gasteiger partial charge in [-0.05, 0) is 30.7 Å². The number of fused-ring (bicyclic) bond motifs is 3. The van der Waals surface area contributed by atoms with Gasteiger partial charge in [-0.1, -0.05) is 48.3 Å². The van der Waals surface area contributed by atoms with Gasteiger partial charge in [0.25, 0.3) is 5.56 Å². The third kappa shape index (κ3) is 3.08. The van der Waals surface area contributed by atoms with Gasteiger partial charge in [-0.3, -0.25) is 9.36 Å². The Labute approximate surface area is 165 Å². The molecule has 2 aromatic carbocycles. The number of aliphatic imine (C=N–C) groups is 1. The highest BCUT2D eigenvalue weighted by atomic mass is 35.5. The second-order valence-electron chi connectivity index (χ2n) is 6.13. The molecule has 4 rings (SSSR count). The van der Waals surface area contributed by atoms with Crippen LogP contribution in [0.15, 0.2) is 58.3 Å². The van der Waals surface area contributed by atoms with Crippen LogP contribution in [0, 0.1) is 0 Å². The number of hydrogen-bond acceptors (Lipinski definition) is 4. The zero-order valence-electron chi connectivity index (χ0n) is 14.4. The monoisotopic (exact) mass is 399 g/mol. The van der Waals surface area contributed by atoms with Crippen molar-refractivity contribution in [3.63, 3.8) is 0 Å². The largest absolute Gasteiger partial charge is 0.365 e. The lowest BCUT2D eigenvalue weighted by atomic mass is 10.00. The molecule has 7 heteroatoms. The third-order valence-electron chi connectivity index (χ3n) is 4.46. The summed E-state index contributed by atoms with van der Waals surface area (Å²) in [6, 6.07) is 14.1. The van der Waals surface area contributed by atoms with Crippen LogP contribution in [0.3, 0.4) is 0 Å². The predicted molar refractivity (Wildman–Crippen MR) is 106 cm³/mol. The molecule has 0 bridgehead atoms. The summed E-state index contributed by atoms with van der Waals surface area (Å²) >= 11 is 12.7. The Morgan fingerprint density at radius 3 is 2.63 bits per heavy atom. The van der Waals surface area contributed by atoms with Crippen molar-refractivity contribution < 1.29 is 5.11 Å². The van der Waals surface area contributed by atoms with Crippen LogP contribution in [0.1, 0.15) is 35.8 Å². The fraction of sp³-hybridized carbons (Fsp3) is 0.150. The van der Waals surface area contributed by atoms with E-state index in [1.165, 1.54) is 6.07 Å². The van der Waals surface area contributed by atoms with Gasteiger partial charge < -0.3 is 5.11 Å². The molecule has 5 nitrogen and oxygen atoms in total. The first kappa shape index (κ1) is 17.9. The molecule has 2 heterocycles. The lowest BCUT2D eigenvalue weighted by Gasteiger charge is -2.18. The first-order chi connectivity index (χ1) is 13.0. The van der Waals surface area contributed by atoms with Crippen molar-refractivity contribution in [2.75, 3.05) is 0 Å². The summed E-state index contributed by atoms with van der Waals surface area (Å²) in [4.78, 5) is 20.5. The van der Waals surface area contributed by atoms with E-state index in [0.29, 0.717) is 33.3 Å². The number of hydrogen-bond donors (Lipinski definition) is 1. The average Bonchev–Trinajstić information content (AvgIpc) is 2.77. The van der Waals surface area contributed by atoms with Gasteiger partial charge in [0.05, 0.1) is 11.4 Å². The SMILES string of the molecule is CCc1cc(=O)nc2n1-c1ccc(Cl)cc1C(c1ccccc1Cl)=NC2O. The summed E-state index contributed by atoms with van der Waals surface area (Å²) in [5.74, 6) is 0.171. The standard InChI is InChI=1S/C20H15Cl2N3O2/c1-2-12-10-17(26)23-19-20(27)24-18(13-5-3-4-6-15(13)22)14-9-11(21)7-8-16(14)25(12)19/h3-10,20,27H,2H2,1H3. The number of aliphatic hydroxyl groups is 1. The maximum atomic E-state index is 12.0. The van der Waals surface area contributed by atoms with Crippen LogP contribution in [0.4, 0.5) is 0 Å². The lowest BCUT2D eigenvalue weighted by Crippen LogP contribution is -2.21. The minimum Gasteiger partial charge on any atom is -0.365 e. The molecule has 0 spiro atoms. The van der Waals surface area contributed by atoms with E-state index in [4.69, 9.17) is 23.2 Å². The number of aryl methyl sites for hydroxylation is 1. The summed E-state index contributed by atoms with van der Waals surface area (Å²) in [7, 11) is 0. The Hall–Kier alpha value is -2.47. The molecule has 0 saturated heterocycles. The lowest BCUT2D eigenvalue weighted by molar-refractivity contribution is 0.175. The minimum atomic E-state index is -1.32. The highest BCUT2D eigenvalue weighted by Crippen LogP contribution is 2.32. The maximum Gasteiger partial charge on any atom is 0.273 e. The fourth-order valence-electron chi connectivity index (χ4n) is 3.27. The Kier molecular flexibility index (Phi) is 4.60.